The van der Waals surface area contributed by atoms with E-state index in [4.69, 9.17) is 18.9 Å². The maximum atomic E-state index is 5.69. The Morgan fingerprint density at radius 2 is 0.861 bits per heavy atom. The van der Waals surface area contributed by atoms with E-state index in [2.05, 4.69) is 34.9 Å². The van der Waals surface area contributed by atoms with Crippen molar-refractivity contribution in [3.63, 3.8) is 0 Å². The molecule has 6 heteroatoms. The number of methoxy groups -OCH3 is 4. The Kier molecular flexibility index (Phi) is 8.19. The van der Waals surface area contributed by atoms with Gasteiger partial charge < -0.3 is 29.6 Å². The first-order valence-electron chi connectivity index (χ1n) is 11.7. The smallest absolute Gasteiger partial charge is 0.145 e. The fourth-order valence-corrected chi connectivity index (χ4v) is 4.21. The lowest BCUT2D eigenvalue weighted by Crippen LogP contribution is -2.26. The molecule has 0 aliphatic rings. The van der Waals surface area contributed by atoms with Crippen molar-refractivity contribution in [2.24, 2.45) is 0 Å². The SMILES string of the molecule is COc1ccc(NC(c2ccccc2)C(Nc2ccc(OC)cc2OC)c2ccccc2)c(OC)c1. The van der Waals surface area contributed by atoms with Gasteiger partial charge >= 0.3 is 0 Å². The molecule has 0 saturated carbocycles. The molecule has 0 amide bonds. The first kappa shape index (κ1) is 24.8. The molecular weight excluding hydrogens is 452 g/mol. The molecule has 0 bridgehead atoms. The first-order valence-corrected chi connectivity index (χ1v) is 11.7. The van der Waals surface area contributed by atoms with E-state index < -0.39 is 0 Å². The summed E-state index contributed by atoms with van der Waals surface area (Å²) >= 11 is 0. The summed E-state index contributed by atoms with van der Waals surface area (Å²) in [6.07, 6.45) is 0. The third kappa shape index (κ3) is 5.66. The molecule has 0 radical (unpaired) electrons. The molecule has 0 saturated heterocycles. The zero-order valence-corrected chi connectivity index (χ0v) is 21.0. The molecule has 0 fully saturated rings. The van der Waals surface area contributed by atoms with Crippen molar-refractivity contribution in [3.8, 4) is 23.0 Å². The topological polar surface area (TPSA) is 61.0 Å². The van der Waals surface area contributed by atoms with Crippen molar-refractivity contribution in [2.45, 2.75) is 12.1 Å². The molecule has 0 aromatic heterocycles. The summed E-state index contributed by atoms with van der Waals surface area (Å²) in [5.74, 6) is 2.86. The normalized spacial score (nSPS) is 12.2. The van der Waals surface area contributed by atoms with Crippen molar-refractivity contribution in [3.05, 3.63) is 108 Å². The molecule has 6 nitrogen and oxygen atoms in total. The molecule has 4 rings (SSSR count). The minimum atomic E-state index is -0.164. The van der Waals surface area contributed by atoms with Crippen LogP contribution in [0, 0.1) is 0 Å². The van der Waals surface area contributed by atoms with Crippen LogP contribution in [0.3, 0.4) is 0 Å². The summed E-state index contributed by atoms with van der Waals surface area (Å²) in [6, 6.07) is 31.9. The Morgan fingerprint density at radius 1 is 0.472 bits per heavy atom. The highest BCUT2D eigenvalue weighted by Gasteiger charge is 2.27. The Labute approximate surface area is 212 Å². The minimum Gasteiger partial charge on any atom is -0.497 e. The summed E-state index contributed by atoms with van der Waals surface area (Å²) in [4.78, 5) is 0. The molecule has 186 valence electrons. The second-order valence-corrected chi connectivity index (χ2v) is 8.20. The monoisotopic (exact) mass is 484 g/mol. The average molecular weight is 485 g/mol. The van der Waals surface area contributed by atoms with E-state index in [1.54, 1.807) is 28.4 Å². The van der Waals surface area contributed by atoms with Crippen LogP contribution in [0.1, 0.15) is 23.2 Å². The van der Waals surface area contributed by atoms with Gasteiger partial charge in [0, 0.05) is 12.1 Å². The number of hydrogen-bond acceptors (Lipinski definition) is 6. The molecule has 0 heterocycles. The molecular formula is C30H32N2O4. The molecule has 0 aliphatic carbocycles. The maximum Gasteiger partial charge on any atom is 0.145 e. The largest absolute Gasteiger partial charge is 0.497 e. The number of nitrogens with one attached hydrogen (secondary N) is 2. The Balaban J connectivity index is 1.81. The van der Waals surface area contributed by atoms with Gasteiger partial charge in [-0.1, -0.05) is 60.7 Å². The number of hydrogen-bond donors (Lipinski definition) is 2. The molecule has 4 aromatic carbocycles. The molecule has 2 atom stereocenters. The Hall–Kier alpha value is -4.32. The summed E-state index contributed by atoms with van der Waals surface area (Å²) in [5.41, 5.74) is 3.95. The molecule has 2 unspecified atom stereocenters. The van der Waals surface area contributed by atoms with Gasteiger partial charge in [-0.05, 0) is 35.4 Å². The Bertz CT molecular complexity index is 1150. The van der Waals surface area contributed by atoms with Gasteiger partial charge in [-0.3, -0.25) is 0 Å². The fraction of sp³-hybridized carbons (Fsp3) is 0.200. The predicted molar refractivity (Wildman–Crippen MR) is 145 cm³/mol. The third-order valence-electron chi connectivity index (χ3n) is 6.09. The van der Waals surface area contributed by atoms with Crippen molar-refractivity contribution >= 4 is 11.4 Å². The van der Waals surface area contributed by atoms with E-state index in [1.807, 2.05) is 72.8 Å². The standard InChI is InChI=1S/C30H32N2O4/c1-33-23-15-17-25(27(19-23)35-3)31-29(21-11-7-5-8-12-21)30(22-13-9-6-10-14-22)32-26-18-16-24(34-2)20-28(26)36-4/h5-20,29-32H,1-4H3. The average Bonchev–Trinajstić information content (AvgIpc) is 2.95. The van der Waals surface area contributed by atoms with Crippen LogP contribution in [0.4, 0.5) is 11.4 Å². The fourth-order valence-electron chi connectivity index (χ4n) is 4.21. The van der Waals surface area contributed by atoms with Gasteiger partial charge in [-0.25, -0.2) is 0 Å². The van der Waals surface area contributed by atoms with Crippen LogP contribution < -0.4 is 29.6 Å². The predicted octanol–water partition coefficient (Wildman–Crippen LogP) is 6.73. The molecule has 4 aromatic rings. The van der Waals surface area contributed by atoms with Crippen LogP contribution in [0.2, 0.25) is 0 Å². The first-order chi connectivity index (χ1) is 17.7. The zero-order chi connectivity index (χ0) is 25.3. The van der Waals surface area contributed by atoms with Crippen molar-refractivity contribution in [2.75, 3.05) is 39.1 Å². The van der Waals surface area contributed by atoms with Crippen LogP contribution in [0.15, 0.2) is 97.1 Å². The van der Waals surface area contributed by atoms with Crippen LogP contribution in [0.25, 0.3) is 0 Å². The Morgan fingerprint density at radius 3 is 1.19 bits per heavy atom. The number of anilines is 2. The van der Waals surface area contributed by atoms with Crippen molar-refractivity contribution in [1.29, 1.82) is 0 Å². The molecule has 36 heavy (non-hydrogen) atoms. The minimum absolute atomic E-state index is 0.164. The lowest BCUT2D eigenvalue weighted by atomic mass is 9.92. The summed E-state index contributed by atoms with van der Waals surface area (Å²) in [6.45, 7) is 0. The van der Waals surface area contributed by atoms with Gasteiger partial charge in [0.2, 0.25) is 0 Å². The van der Waals surface area contributed by atoms with Gasteiger partial charge in [0.25, 0.3) is 0 Å². The summed E-state index contributed by atoms with van der Waals surface area (Å²) in [5, 5.41) is 7.47. The highest BCUT2D eigenvalue weighted by molar-refractivity contribution is 5.63. The van der Waals surface area contributed by atoms with Crippen molar-refractivity contribution in [1.82, 2.24) is 0 Å². The number of rotatable bonds is 11. The third-order valence-corrected chi connectivity index (χ3v) is 6.09. The van der Waals surface area contributed by atoms with E-state index in [0.717, 1.165) is 34.0 Å². The molecule has 0 aliphatic heterocycles. The van der Waals surface area contributed by atoms with Crippen LogP contribution >= 0.6 is 0 Å². The van der Waals surface area contributed by atoms with E-state index in [0.29, 0.717) is 11.5 Å². The van der Waals surface area contributed by atoms with Gasteiger partial charge in [-0.2, -0.15) is 0 Å². The highest BCUT2D eigenvalue weighted by atomic mass is 16.5. The maximum absolute atomic E-state index is 5.69. The van der Waals surface area contributed by atoms with E-state index >= 15 is 0 Å². The molecule has 0 spiro atoms. The van der Waals surface area contributed by atoms with Gasteiger partial charge in [0.15, 0.2) is 0 Å². The molecule has 2 N–H and O–H groups in total. The summed E-state index contributed by atoms with van der Waals surface area (Å²) in [7, 11) is 6.61. The van der Waals surface area contributed by atoms with Gasteiger partial charge in [0.05, 0.1) is 51.9 Å². The second-order valence-electron chi connectivity index (χ2n) is 8.20. The summed E-state index contributed by atoms with van der Waals surface area (Å²) < 4.78 is 22.2. The zero-order valence-electron chi connectivity index (χ0n) is 21.0. The van der Waals surface area contributed by atoms with E-state index in [1.165, 1.54) is 0 Å². The van der Waals surface area contributed by atoms with Gasteiger partial charge in [-0.15, -0.1) is 0 Å². The lowest BCUT2D eigenvalue weighted by molar-refractivity contribution is 0.394. The van der Waals surface area contributed by atoms with Crippen LogP contribution in [0.5, 0.6) is 23.0 Å². The second kappa shape index (κ2) is 11.9. The van der Waals surface area contributed by atoms with E-state index in [9.17, 15) is 0 Å². The number of benzene rings is 4. The number of ether oxygens (including phenoxy) is 4. The highest BCUT2D eigenvalue weighted by Crippen LogP contribution is 2.40. The van der Waals surface area contributed by atoms with Crippen LogP contribution in [-0.2, 0) is 0 Å². The van der Waals surface area contributed by atoms with Crippen LogP contribution in [-0.4, -0.2) is 28.4 Å². The lowest BCUT2D eigenvalue weighted by Gasteiger charge is -2.32. The van der Waals surface area contributed by atoms with Crippen molar-refractivity contribution < 1.29 is 18.9 Å². The van der Waals surface area contributed by atoms with Gasteiger partial charge in [0.1, 0.15) is 23.0 Å². The van der Waals surface area contributed by atoms with E-state index in [-0.39, 0.29) is 12.1 Å². The quantitative estimate of drug-likeness (QED) is 0.246.